The van der Waals surface area contributed by atoms with Crippen LogP contribution in [-0.4, -0.2) is 19.1 Å². The Morgan fingerprint density at radius 3 is 2.92 bits per heavy atom. The summed E-state index contributed by atoms with van der Waals surface area (Å²) in [6.45, 7) is -0.205. The number of hydrogen-bond acceptors (Lipinski definition) is 2. The van der Waals surface area contributed by atoms with Crippen LogP contribution in [0.4, 0.5) is 10.1 Å². The molecule has 0 atom stereocenters. The summed E-state index contributed by atoms with van der Waals surface area (Å²) in [5.41, 5.74) is 6.19. The minimum Gasteiger partial charge on any atom is -0.382 e. The first-order valence-electron chi connectivity index (χ1n) is 3.93. The van der Waals surface area contributed by atoms with E-state index in [9.17, 15) is 9.18 Å². The summed E-state index contributed by atoms with van der Waals surface area (Å²) in [5, 5.41) is 2.81. The van der Waals surface area contributed by atoms with Gasteiger partial charge in [0.15, 0.2) is 0 Å². The summed E-state index contributed by atoms with van der Waals surface area (Å²) >= 11 is 0. The van der Waals surface area contributed by atoms with Gasteiger partial charge in [0, 0.05) is 17.8 Å². The zero-order chi connectivity index (χ0) is 9.68. The molecule has 1 aromatic rings. The fraction of sp³-hybridized carbons (Fsp3) is 0.222. The third-order valence-corrected chi connectivity index (χ3v) is 1.57. The van der Waals surface area contributed by atoms with Gasteiger partial charge in [-0.15, -0.1) is 0 Å². The lowest BCUT2D eigenvalue weighted by molar-refractivity contribution is 0.100. The first-order chi connectivity index (χ1) is 6.24. The number of halogens is 1. The molecule has 0 aliphatic heterocycles. The average molecular weight is 182 g/mol. The fourth-order valence-electron chi connectivity index (χ4n) is 0.974. The lowest BCUT2D eigenvalue weighted by atomic mass is 10.2. The molecular weight excluding hydrogens is 171 g/mol. The number of carbonyl (C=O) groups excluding carboxylic acids is 1. The maximum atomic E-state index is 11.8. The molecule has 0 radical (unpaired) electrons. The Hall–Kier alpha value is -1.58. The quantitative estimate of drug-likeness (QED) is 0.734. The maximum absolute atomic E-state index is 11.8. The van der Waals surface area contributed by atoms with Crippen molar-refractivity contribution in [1.29, 1.82) is 0 Å². The van der Waals surface area contributed by atoms with Crippen LogP contribution in [-0.2, 0) is 0 Å². The first kappa shape index (κ1) is 9.51. The molecule has 4 heteroatoms. The van der Waals surface area contributed by atoms with Crippen LogP contribution in [0.15, 0.2) is 24.3 Å². The van der Waals surface area contributed by atoms with E-state index in [1.54, 1.807) is 24.3 Å². The predicted octanol–water partition coefficient (Wildman–Crippen LogP) is 1.17. The van der Waals surface area contributed by atoms with E-state index in [2.05, 4.69) is 5.32 Å². The Balaban J connectivity index is 2.73. The smallest absolute Gasteiger partial charge is 0.248 e. The van der Waals surface area contributed by atoms with Gasteiger partial charge in [-0.2, -0.15) is 0 Å². The SMILES string of the molecule is NC(=O)c1cccc(NCCF)c1. The lowest BCUT2D eigenvalue weighted by Crippen LogP contribution is -2.11. The van der Waals surface area contributed by atoms with Crippen LogP contribution in [0.3, 0.4) is 0 Å². The van der Waals surface area contributed by atoms with Crippen LogP contribution in [0.1, 0.15) is 10.4 Å². The van der Waals surface area contributed by atoms with E-state index in [-0.39, 0.29) is 6.54 Å². The van der Waals surface area contributed by atoms with Crippen LogP contribution in [0.2, 0.25) is 0 Å². The van der Waals surface area contributed by atoms with Crippen LogP contribution < -0.4 is 11.1 Å². The Kier molecular flexibility index (Phi) is 3.25. The minimum absolute atomic E-state index is 0.238. The highest BCUT2D eigenvalue weighted by Crippen LogP contribution is 2.09. The number of anilines is 1. The maximum Gasteiger partial charge on any atom is 0.248 e. The highest BCUT2D eigenvalue weighted by atomic mass is 19.1. The number of benzene rings is 1. The van der Waals surface area contributed by atoms with Gasteiger partial charge in [-0.05, 0) is 18.2 Å². The van der Waals surface area contributed by atoms with E-state index < -0.39 is 12.6 Å². The van der Waals surface area contributed by atoms with Crippen molar-refractivity contribution in [3.63, 3.8) is 0 Å². The molecular formula is C9H11FN2O. The Morgan fingerprint density at radius 1 is 1.54 bits per heavy atom. The molecule has 1 amide bonds. The second-order valence-electron chi connectivity index (χ2n) is 2.56. The molecule has 1 aromatic carbocycles. The molecule has 3 nitrogen and oxygen atoms in total. The minimum atomic E-state index is -0.483. The number of rotatable bonds is 4. The van der Waals surface area contributed by atoms with E-state index in [4.69, 9.17) is 5.73 Å². The Morgan fingerprint density at radius 2 is 2.31 bits per heavy atom. The van der Waals surface area contributed by atoms with Gasteiger partial charge in [0.2, 0.25) is 5.91 Å². The Bertz CT molecular complexity index is 301. The molecule has 0 fully saturated rings. The fourth-order valence-corrected chi connectivity index (χ4v) is 0.974. The summed E-state index contributed by atoms with van der Waals surface area (Å²) in [6.07, 6.45) is 0. The zero-order valence-electron chi connectivity index (χ0n) is 7.09. The third kappa shape index (κ3) is 2.74. The molecule has 0 aliphatic rings. The van der Waals surface area contributed by atoms with Crippen molar-refractivity contribution in [2.24, 2.45) is 5.73 Å². The largest absolute Gasteiger partial charge is 0.382 e. The molecule has 0 heterocycles. The van der Waals surface area contributed by atoms with Gasteiger partial charge in [0.1, 0.15) is 6.67 Å². The van der Waals surface area contributed by atoms with Crippen LogP contribution in [0.25, 0.3) is 0 Å². The van der Waals surface area contributed by atoms with Crippen molar-refractivity contribution < 1.29 is 9.18 Å². The van der Waals surface area contributed by atoms with Crippen molar-refractivity contribution in [1.82, 2.24) is 0 Å². The average Bonchev–Trinajstić information content (AvgIpc) is 2.15. The van der Waals surface area contributed by atoms with Gasteiger partial charge in [-0.3, -0.25) is 4.79 Å². The van der Waals surface area contributed by atoms with Gasteiger partial charge in [0.05, 0.1) is 0 Å². The first-order valence-corrected chi connectivity index (χ1v) is 3.93. The predicted molar refractivity (Wildman–Crippen MR) is 49.4 cm³/mol. The van der Waals surface area contributed by atoms with Crippen LogP contribution in [0, 0.1) is 0 Å². The number of alkyl halides is 1. The van der Waals surface area contributed by atoms with E-state index in [0.717, 1.165) is 0 Å². The van der Waals surface area contributed by atoms with Crippen LogP contribution in [0.5, 0.6) is 0 Å². The van der Waals surface area contributed by atoms with Gasteiger partial charge < -0.3 is 11.1 Å². The van der Waals surface area contributed by atoms with Crippen molar-refractivity contribution in [3.05, 3.63) is 29.8 Å². The normalized spacial score (nSPS) is 9.62. The summed E-state index contributed by atoms with van der Waals surface area (Å²) in [6, 6.07) is 6.66. The number of nitrogens with one attached hydrogen (secondary N) is 1. The lowest BCUT2D eigenvalue weighted by Gasteiger charge is -2.04. The summed E-state index contributed by atoms with van der Waals surface area (Å²) in [7, 11) is 0. The van der Waals surface area contributed by atoms with Crippen molar-refractivity contribution in [2.45, 2.75) is 0 Å². The van der Waals surface area contributed by atoms with Crippen LogP contribution >= 0.6 is 0 Å². The molecule has 0 aliphatic carbocycles. The summed E-state index contributed by atoms with van der Waals surface area (Å²) < 4.78 is 11.8. The third-order valence-electron chi connectivity index (χ3n) is 1.57. The number of amides is 1. The zero-order valence-corrected chi connectivity index (χ0v) is 7.09. The molecule has 0 spiro atoms. The molecule has 1 rings (SSSR count). The molecule has 0 saturated carbocycles. The number of hydrogen-bond donors (Lipinski definition) is 2. The van der Waals surface area contributed by atoms with E-state index in [1.165, 1.54) is 0 Å². The number of primary amides is 1. The standard InChI is InChI=1S/C9H11FN2O/c10-4-5-12-8-3-1-2-7(6-8)9(11)13/h1-3,6,12H,4-5H2,(H2,11,13). The molecule has 3 N–H and O–H groups in total. The second kappa shape index (κ2) is 4.45. The van der Waals surface area contributed by atoms with E-state index in [0.29, 0.717) is 11.3 Å². The van der Waals surface area contributed by atoms with Crippen molar-refractivity contribution in [3.8, 4) is 0 Å². The van der Waals surface area contributed by atoms with E-state index in [1.807, 2.05) is 0 Å². The second-order valence-corrected chi connectivity index (χ2v) is 2.56. The molecule has 0 unspecified atom stereocenters. The van der Waals surface area contributed by atoms with Gasteiger partial charge in [-0.1, -0.05) is 6.07 Å². The topological polar surface area (TPSA) is 55.1 Å². The number of carbonyl (C=O) groups is 1. The van der Waals surface area contributed by atoms with Gasteiger partial charge in [-0.25, -0.2) is 4.39 Å². The highest BCUT2D eigenvalue weighted by Gasteiger charge is 1.99. The van der Waals surface area contributed by atoms with Crippen molar-refractivity contribution in [2.75, 3.05) is 18.5 Å². The highest BCUT2D eigenvalue weighted by molar-refractivity contribution is 5.93. The number of nitrogens with two attached hydrogens (primary N) is 1. The summed E-state index contributed by atoms with van der Waals surface area (Å²) in [5.74, 6) is -0.483. The monoisotopic (exact) mass is 182 g/mol. The summed E-state index contributed by atoms with van der Waals surface area (Å²) in [4.78, 5) is 10.7. The molecule has 0 aromatic heterocycles. The van der Waals surface area contributed by atoms with Gasteiger partial charge >= 0.3 is 0 Å². The van der Waals surface area contributed by atoms with Crippen molar-refractivity contribution >= 4 is 11.6 Å². The Labute approximate surface area is 75.7 Å². The molecule has 0 bridgehead atoms. The van der Waals surface area contributed by atoms with Gasteiger partial charge in [0.25, 0.3) is 0 Å². The van der Waals surface area contributed by atoms with E-state index >= 15 is 0 Å². The molecule has 13 heavy (non-hydrogen) atoms. The molecule has 0 saturated heterocycles. The molecule has 70 valence electrons.